The number of phenolic OH excluding ortho intramolecular Hbond substituents is 1. The Morgan fingerprint density at radius 3 is 2.55 bits per heavy atom. The van der Waals surface area contributed by atoms with Crippen molar-refractivity contribution in [1.82, 2.24) is 0 Å². The Morgan fingerprint density at radius 1 is 1.16 bits per heavy atom. The van der Waals surface area contributed by atoms with Crippen molar-refractivity contribution in [3.05, 3.63) is 57.6 Å². The average molecular weight is 463 g/mol. The summed E-state index contributed by atoms with van der Waals surface area (Å²) in [6.07, 6.45) is 4.92. The summed E-state index contributed by atoms with van der Waals surface area (Å²) in [6, 6.07) is 9.17. The average Bonchev–Trinajstić information content (AvgIpc) is 2.73. The van der Waals surface area contributed by atoms with Crippen LogP contribution in [0, 0.1) is 0 Å². The van der Waals surface area contributed by atoms with Gasteiger partial charge in [-0.05, 0) is 72.7 Å². The second kappa shape index (κ2) is 12.6. The normalized spacial score (nSPS) is 11.6. The predicted molar refractivity (Wildman–Crippen MR) is 125 cm³/mol. The summed E-state index contributed by atoms with van der Waals surface area (Å²) in [4.78, 5) is 11.6. The molecular formula is C24H29ClNO4S-. The number of thioether (sulfide) groups is 1. The maximum absolute atomic E-state index is 10.7. The number of halogens is 1. The Labute approximate surface area is 193 Å². The fourth-order valence-electron chi connectivity index (χ4n) is 3.53. The second-order valence-corrected chi connectivity index (χ2v) is 8.91. The smallest absolute Gasteiger partial charge is 0.128 e. The number of hydrogen-bond acceptors (Lipinski definition) is 6. The van der Waals surface area contributed by atoms with Crippen LogP contribution in [-0.4, -0.2) is 27.7 Å². The van der Waals surface area contributed by atoms with Crippen LogP contribution in [0.3, 0.4) is 0 Å². The van der Waals surface area contributed by atoms with Gasteiger partial charge in [0.25, 0.3) is 0 Å². The van der Waals surface area contributed by atoms with Crippen LogP contribution in [0.2, 0.25) is 5.02 Å². The number of carbonyl (C=O) groups excluding carboxylic acids is 1. The zero-order valence-electron chi connectivity index (χ0n) is 18.0. The highest BCUT2D eigenvalue weighted by Gasteiger charge is 2.15. The van der Waals surface area contributed by atoms with E-state index in [-0.39, 0.29) is 12.2 Å². The minimum atomic E-state index is -1.12. The number of carboxylic acid groups (broad SMARTS) is 1. The number of aliphatic carboxylic acids is 1. The molecule has 5 nitrogen and oxygen atoms in total. The first-order chi connectivity index (χ1) is 14.9. The van der Waals surface area contributed by atoms with E-state index in [9.17, 15) is 20.2 Å². The molecule has 0 radical (unpaired) electrons. The predicted octanol–water partition coefficient (Wildman–Crippen LogP) is 4.99. The molecule has 0 saturated heterocycles. The molecule has 0 aliphatic rings. The molecule has 0 heterocycles. The van der Waals surface area contributed by atoms with Gasteiger partial charge in [0.05, 0.1) is 10.7 Å². The van der Waals surface area contributed by atoms with Gasteiger partial charge in [0.1, 0.15) is 5.75 Å². The number of aryl methyl sites for hydroxylation is 1. The summed E-state index contributed by atoms with van der Waals surface area (Å²) in [5.74, 6) is 0.00325. The van der Waals surface area contributed by atoms with Gasteiger partial charge in [0, 0.05) is 22.8 Å². The summed E-state index contributed by atoms with van der Waals surface area (Å²) in [7, 11) is 0. The van der Waals surface area contributed by atoms with Crippen molar-refractivity contribution in [2.24, 2.45) is 5.16 Å². The number of benzene rings is 2. The van der Waals surface area contributed by atoms with Crippen molar-refractivity contribution in [3.63, 3.8) is 0 Å². The summed E-state index contributed by atoms with van der Waals surface area (Å²) in [5.41, 5.74) is 3.79. The molecule has 2 rings (SSSR count). The van der Waals surface area contributed by atoms with Crippen LogP contribution < -0.4 is 5.11 Å². The van der Waals surface area contributed by atoms with E-state index in [4.69, 9.17) is 11.6 Å². The van der Waals surface area contributed by atoms with Crippen molar-refractivity contribution in [1.29, 1.82) is 0 Å². The van der Waals surface area contributed by atoms with Crippen molar-refractivity contribution in [2.45, 2.75) is 63.7 Å². The first-order valence-electron chi connectivity index (χ1n) is 10.6. The molecule has 0 fully saturated rings. The summed E-state index contributed by atoms with van der Waals surface area (Å²) < 4.78 is 0. The third kappa shape index (κ3) is 7.18. The Morgan fingerprint density at radius 2 is 1.94 bits per heavy atom. The molecule has 31 heavy (non-hydrogen) atoms. The largest absolute Gasteiger partial charge is 0.550 e. The van der Waals surface area contributed by atoms with E-state index in [2.05, 4.69) is 12.1 Å². The van der Waals surface area contributed by atoms with Gasteiger partial charge in [-0.15, -0.1) is 11.8 Å². The summed E-state index contributed by atoms with van der Waals surface area (Å²) in [5, 5.41) is 34.5. The van der Waals surface area contributed by atoms with Crippen molar-refractivity contribution < 1.29 is 20.2 Å². The Bertz CT molecular complexity index is 930. The lowest BCUT2D eigenvalue weighted by Gasteiger charge is -2.15. The molecule has 2 aromatic rings. The minimum absolute atomic E-state index is 0.139. The molecule has 7 heteroatoms. The minimum Gasteiger partial charge on any atom is -0.550 e. The monoisotopic (exact) mass is 462 g/mol. The van der Waals surface area contributed by atoms with Crippen LogP contribution in [0.1, 0.15) is 61.8 Å². The third-order valence-corrected chi connectivity index (χ3v) is 6.67. The van der Waals surface area contributed by atoms with Gasteiger partial charge >= 0.3 is 0 Å². The van der Waals surface area contributed by atoms with E-state index < -0.39 is 5.97 Å². The van der Waals surface area contributed by atoms with Gasteiger partial charge in [-0.3, -0.25) is 0 Å². The van der Waals surface area contributed by atoms with Crippen molar-refractivity contribution >= 4 is 35.0 Å². The quantitative estimate of drug-likeness (QED) is 0.152. The van der Waals surface area contributed by atoms with Gasteiger partial charge in [-0.25, -0.2) is 0 Å². The highest BCUT2D eigenvalue weighted by molar-refractivity contribution is 7.99. The molecule has 0 spiro atoms. The number of carbonyl (C=O) groups is 1. The van der Waals surface area contributed by atoms with Gasteiger partial charge < -0.3 is 20.2 Å². The molecule has 0 atom stereocenters. The van der Waals surface area contributed by atoms with E-state index in [1.54, 1.807) is 23.9 Å². The van der Waals surface area contributed by atoms with Gasteiger partial charge in [0.15, 0.2) is 0 Å². The standard InChI is InChI=1S/C24H30ClNO4S/c1-3-7-18-17(10-11-19(24(18)29)21(4-2)26-30)8-5-6-13-31-22-12-9-16(14-20(22)25)15-23(27)28/h9-12,14,29-30H,3-8,13,15H2,1-2H3,(H,27,28)/p-1/b26-21+. The fourth-order valence-corrected chi connectivity index (χ4v) is 4.82. The number of nitrogens with zero attached hydrogens (tertiary/aromatic N) is 1. The number of hydrogen-bond donors (Lipinski definition) is 2. The highest BCUT2D eigenvalue weighted by atomic mass is 35.5. The molecule has 0 unspecified atom stereocenters. The fraction of sp³-hybridized carbons (Fsp3) is 0.417. The van der Waals surface area contributed by atoms with Crippen LogP contribution in [0.5, 0.6) is 5.75 Å². The molecule has 2 N–H and O–H groups in total. The van der Waals surface area contributed by atoms with Crippen LogP contribution in [0.15, 0.2) is 40.4 Å². The van der Waals surface area contributed by atoms with E-state index in [0.717, 1.165) is 53.9 Å². The number of aromatic hydroxyl groups is 1. The van der Waals surface area contributed by atoms with E-state index in [0.29, 0.717) is 28.3 Å². The molecule has 168 valence electrons. The summed E-state index contributed by atoms with van der Waals surface area (Å²) in [6.45, 7) is 3.97. The number of rotatable bonds is 12. The number of phenols is 1. The number of oxime groups is 1. The maximum atomic E-state index is 10.7. The second-order valence-electron chi connectivity index (χ2n) is 7.37. The van der Waals surface area contributed by atoms with Crippen LogP contribution >= 0.6 is 23.4 Å². The molecule has 0 amide bonds. The Balaban J connectivity index is 1.95. The van der Waals surface area contributed by atoms with Gasteiger partial charge in [-0.2, -0.15) is 0 Å². The topological polar surface area (TPSA) is 93.0 Å². The van der Waals surface area contributed by atoms with Crippen molar-refractivity contribution in [2.75, 3.05) is 5.75 Å². The number of carboxylic acids is 1. The zero-order valence-corrected chi connectivity index (χ0v) is 19.6. The SMILES string of the molecule is CCCc1c(CCCCSc2ccc(CC(=O)[O-])cc2Cl)ccc(/C(CC)=N/O)c1O. The molecule has 2 aromatic carbocycles. The van der Waals surface area contributed by atoms with Gasteiger partial charge in [0.2, 0.25) is 0 Å². The molecule has 0 aliphatic carbocycles. The van der Waals surface area contributed by atoms with Crippen molar-refractivity contribution in [3.8, 4) is 5.75 Å². The zero-order chi connectivity index (χ0) is 22.8. The highest BCUT2D eigenvalue weighted by Crippen LogP contribution is 2.31. The molecule has 0 saturated carbocycles. The molecule has 0 aromatic heterocycles. The Kier molecular flexibility index (Phi) is 10.2. The third-order valence-electron chi connectivity index (χ3n) is 5.09. The van der Waals surface area contributed by atoms with E-state index >= 15 is 0 Å². The van der Waals surface area contributed by atoms with Gasteiger partial charge in [-0.1, -0.05) is 49.2 Å². The molecule has 0 bridgehead atoms. The maximum Gasteiger partial charge on any atom is 0.128 e. The molecular weight excluding hydrogens is 434 g/mol. The van der Waals surface area contributed by atoms with Crippen LogP contribution in [0.4, 0.5) is 0 Å². The number of unbranched alkanes of at least 4 members (excludes halogenated alkanes) is 1. The molecule has 0 aliphatic heterocycles. The first-order valence-corrected chi connectivity index (χ1v) is 11.9. The van der Waals surface area contributed by atoms with E-state index in [1.807, 2.05) is 25.1 Å². The van der Waals surface area contributed by atoms with Crippen LogP contribution in [0.25, 0.3) is 0 Å². The lowest BCUT2D eigenvalue weighted by atomic mass is 9.93. The Hall–Kier alpha value is -2.18. The lowest BCUT2D eigenvalue weighted by molar-refractivity contribution is -0.304. The summed E-state index contributed by atoms with van der Waals surface area (Å²) >= 11 is 7.92. The first kappa shape index (κ1) is 25.1. The van der Waals surface area contributed by atoms with Crippen LogP contribution in [-0.2, 0) is 24.1 Å². The van der Waals surface area contributed by atoms with E-state index in [1.165, 1.54) is 0 Å². The lowest BCUT2D eigenvalue weighted by Crippen LogP contribution is -2.24.